The topological polar surface area (TPSA) is 90.1 Å². The highest BCUT2D eigenvalue weighted by Gasteiger charge is 2.35. The lowest BCUT2D eigenvalue weighted by molar-refractivity contribution is 0.0669. The van der Waals surface area contributed by atoms with E-state index in [1.165, 1.54) is 19.3 Å². The molecule has 1 aromatic carbocycles. The number of hydrogen-bond donors (Lipinski definition) is 1. The van der Waals surface area contributed by atoms with Gasteiger partial charge in [-0.05, 0) is 62.3 Å². The minimum atomic E-state index is 0.0488. The number of aromatic nitrogens is 5. The highest BCUT2D eigenvalue weighted by Crippen LogP contribution is 2.37. The fourth-order valence-corrected chi connectivity index (χ4v) is 6.15. The number of likely N-dealkylation sites (tertiary alicyclic amines) is 1. The number of fused-ring (bicyclic) bond motifs is 3. The summed E-state index contributed by atoms with van der Waals surface area (Å²) in [5.41, 5.74) is 4.23. The summed E-state index contributed by atoms with van der Waals surface area (Å²) in [4.78, 5) is 29.4. The number of ether oxygens (including phenoxy) is 1. The highest BCUT2D eigenvalue weighted by atomic mass is 16.5. The Balaban J connectivity index is 1.30. The Morgan fingerprint density at radius 1 is 1.19 bits per heavy atom. The third-order valence-corrected chi connectivity index (χ3v) is 8.29. The first kappa shape index (κ1) is 21.8. The van der Waals surface area contributed by atoms with E-state index >= 15 is 0 Å². The van der Waals surface area contributed by atoms with Crippen LogP contribution in [0.1, 0.15) is 36.0 Å². The van der Waals surface area contributed by atoms with Gasteiger partial charge in [0.15, 0.2) is 5.82 Å². The third kappa shape index (κ3) is 3.48. The smallest absolute Gasteiger partial charge is 0.254 e. The van der Waals surface area contributed by atoms with E-state index in [1.54, 1.807) is 13.4 Å². The zero-order chi connectivity index (χ0) is 24.4. The number of carbonyl (C=O) groups excluding carboxylic acids is 1. The van der Waals surface area contributed by atoms with Gasteiger partial charge < -0.3 is 24.1 Å². The van der Waals surface area contributed by atoms with Crippen molar-refractivity contribution in [1.82, 2.24) is 34.3 Å². The molecule has 1 aliphatic carbocycles. The van der Waals surface area contributed by atoms with Gasteiger partial charge in [0.05, 0.1) is 18.3 Å². The average molecular weight is 486 g/mol. The number of nitrogens with zero attached hydrogens (tertiary/aromatic N) is 6. The quantitative estimate of drug-likeness (QED) is 0.467. The maximum atomic E-state index is 13.6. The Bertz CT molecular complexity index is 1480. The maximum Gasteiger partial charge on any atom is 0.254 e. The number of benzene rings is 1. The summed E-state index contributed by atoms with van der Waals surface area (Å²) in [5, 5.41) is 4.57. The Kier molecular flexibility index (Phi) is 5.02. The molecule has 3 fully saturated rings. The fourth-order valence-electron chi connectivity index (χ4n) is 6.15. The van der Waals surface area contributed by atoms with E-state index in [2.05, 4.69) is 30.5 Å². The molecule has 0 unspecified atom stereocenters. The van der Waals surface area contributed by atoms with E-state index in [-0.39, 0.29) is 5.91 Å². The Hall–Kier alpha value is -3.46. The number of carbonyl (C=O) groups is 1. The summed E-state index contributed by atoms with van der Waals surface area (Å²) < 4.78 is 10.1. The first-order valence-electron chi connectivity index (χ1n) is 13.0. The van der Waals surface area contributed by atoms with E-state index < -0.39 is 0 Å². The van der Waals surface area contributed by atoms with Crippen molar-refractivity contribution >= 4 is 28.0 Å². The number of aryl methyl sites for hydroxylation is 1. The molecular weight excluding hydrogens is 454 g/mol. The second-order valence-corrected chi connectivity index (χ2v) is 10.6. The number of nitrogens with one attached hydrogen (secondary N) is 1. The molecule has 9 heteroatoms. The summed E-state index contributed by atoms with van der Waals surface area (Å²) >= 11 is 0. The minimum absolute atomic E-state index is 0.0488. The molecule has 2 aliphatic heterocycles. The number of hydrogen-bond acceptors (Lipinski definition) is 6. The summed E-state index contributed by atoms with van der Waals surface area (Å²) in [6, 6.07) is 6.32. The van der Waals surface area contributed by atoms with Crippen LogP contribution in [0.15, 0.2) is 30.7 Å². The number of rotatable bonds is 5. The van der Waals surface area contributed by atoms with Crippen molar-refractivity contribution in [3.63, 3.8) is 0 Å². The predicted molar refractivity (Wildman–Crippen MR) is 137 cm³/mol. The highest BCUT2D eigenvalue weighted by molar-refractivity contribution is 6.00. The van der Waals surface area contributed by atoms with Gasteiger partial charge in [-0.1, -0.05) is 0 Å². The van der Waals surface area contributed by atoms with E-state index in [1.807, 2.05) is 30.3 Å². The normalized spacial score (nSPS) is 21.9. The van der Waals surface area contributed by atoms with Gasteiger partial charge in [0, 0.05) is 49.9 Å². The van der Waals surface area contributed by atoms with Crippen molar-refractivity contribution < 1.29 is 9.53 Å². The van der Waals surface area contributed by atoms with Gasteiger partial charge in [0.2, 0.25) is 0 Å². The Labute approximate surface area is 209 Å². The first-order chi connectivity index (χ1) is 17.6. The molecule has 186 valence electrons. The van der Waals surface area contributed by atoms with Gasteiger partial charge in [-0.15, -0.1) is 0 Å². The molecule has 1 amide bonds. The monoisotopic (exact) mass is 485 g/mol. The van der Waals surface area contributed by atoms with Crippen LogP contribution >= 0.6 is 0 Å². The van der Waals surface area contributed by atoms with Gasteiger partial charge in [-0.3, -0.25) is 4.79 Å². The molecule has 1 N–H and O–H groups in total. The summed E-state index contributed by atoms with van der Waals surface area (Å²) in [5.74, 6) is 2.92. The van der Waals surface area contributed by atoms with Crippen LogP contribution in [-0.2, 0) is 13.6 Å². The largest absolute Gasteiger partial charge is 0.494 e. The second kappa shape index (κ2) is 8.30. The van der Waals surface area contributed by atoms with E-state index in [9.17, 15) is 4.79 Å². The van der Waals surface area contributed by atoms with Crippen molar-refractivity contribution in [2.75, 3.05) is 26.7 Å². The molecule has 0 spiro atoms. The molecule has 36 heavy (non-hydrogen) atoms. The zero-order valence-corrected chi connectivity index (χ0v) is 20.8. The Morgan fingerprint density at radius 3 is 2.92 bits per heavy atom. The maximum absolute atomic E-state index is 13.6. The lowest BCUT2D eigenvalue weighted by Crippen LogP contribution is -2.48. The first-order valence-corrected chi connectivity index (χ1v) is 13.0. The van der Waals surface area contributed by atoms with Crippen LogP contribution in [0.2, 0.25) is 0 Å². The molecule has 2 saturated heterocycles. The summed E-state index contributed by atoms with van der Waals surface area (Å²) in [6.45, 7) is 3.54. The van der Waals surface area contributed by atoms with Gasteiger partial charge in [0.25, 0.3) is 5.91 Å². The fraction of sp³-hybridized carbons (Fsp3) is 0.481. The van der Waals surface area contributed by atoms with Crippen molar-refractivity contribution in [2.45, 2.75) is 38.3 Å². The van der Waals surface area contributed by atoms with Crippen molar-refractivity contribution in [2.24, 2.45) is 18.9 Å². The predicted octanol–water partition coefficient (Wildman–Crippen LogP) is 3.23. The molecule has 3 aromatic heterocycles. The zero-order valence-electron chi connectivity index (χ0n) is 20.8. The summed E-state index contributed by atoms with van der Waals surface area (Å²) in [6.07, 6.45) is 8.24. The molecule has 9 nitrogen and oxygen atoms in total. The lowest BCUT2D eigenvalue weighted by Gasteiger charge is -2.35. The van der Waals surface area contributed by atoms with Crippen LogP contribution in [0.3, 0.4) is 0 Å². The molecule has 5 heterocycles. The van der Waals surface area contributed by atoms with Crippen LogP contribution in [0.25, 0.3) is 33.6 Å². The molecular formula is C27H31N7O2. The van der Waals surface area contributed by atoms with E-state index in [0.29, 0.717) is 29.2 Å². The molecule has 7 rings (SSSR count). The van der Waals surface area contributed by atoms with E-state index in [4.69, 9.17) is 9.72 Å². The SMILES string of the molecule is COc1cc(C(=O)N2CC[C@H]3CCN[C@H]3C2)cc2nc(-c3cc4cncnc4n3CC3CC3)n(C)c12. The number of imidazole rings is 1. The van der Waals surface area contributed by atoms with Crippen LogP contribution in [0.4, 0.5) is 0 Å². The standard InChI is InChI=1S/C27H31N7O2/c1-32-24-20(31-26(32)22-10-19-12-28-15-30-25(19)34(22)13-16-3-4-16)9-18(11-23(24)36-2)27(35)33-8-6-17-5-7-29-21(17)14-33/h9-12,15-17,21,29H,3-8,13-14H2,1-2H3/t17-,21+/m1/s1. The van der Waals surface area contributed by atoms with Gasteiger partial charge in [-0.2, -0.15) is 0 Å². The molecule has 4 aromatic rings. The van der Waals surface area contributed by atoms with Gasteiger partial charge in [-0.25, -0.2) is 15.0 Å². The van der Waals surface area contributed by atoms with E-state index in [0.717, 1.165) is 66.2 Å². The number of piperidine rings is 1. The molecule has 2 atom stereocenters. The average Bonchev–Trinajstić information content (AvgIpc) is 3.32. The molecule has 1 saturated carbocycles. The van der Waals surface area contributed by atoms with Crippen LogP contribution in [0, 0.1) is 11.8 Å². The summed E-state index contributed by atoms with van der Waals surface area (Å²) in [7, 11) is 3.67. The molecule has 0 bridgehead atoms. The minimum Gasteiger partial charge on any atom is -0.494 e. The number of methoxy groups -OCH3 is 1. The second-order valence-electron chi connectivity index (χ2n) is 10.6. The Morgan fingerprint density at radius 2 is 2.08 bits per heavy atom. The van der Waals surface area contributed by atoms with Crippen LogP contribution in [-0.4, -0.2) is 67.7 Å². The van der Waals surface area contributed by atoms with Crippen molar-refractivity contribution in [3.05, 3.63) is 36.3 Å². The molecule has 3 aliphatic rings. The third-order valence-electron chi connectivity index (χ3n) is 8.29. The van der Waals surface area contributed by atoms with Gasteiger partial charge in [0.1, 0.15) is 23.2 Å². The lowest BCUT2D eigenvalue weighted by atomic mass is 9.92. The van der Waals surface area contributed by atoms with Crippen LogP contribution in [0.5, 0.6) is 5.75 Å². The van der Waals surface area contributed by atoms with Crippen molar-refractivity contribution in [3.8, 4) is 17.3 Å². The number of amides is 1. The van der Waals surface area contributed by atoms with Crippen LogP contribution < -0.4 is 10.1 Å². The van der Waals surface area contributed by atoms with Gasteiger partial charge >= 0.3 is 0 Å². The molecule has 0 radical (unpaired) electrons. The van der Waals surface area contributed by atoms with Crippen molar-refractivity contribution in [1.29, 1.82) is 0 Å².